The smallest absolute Gasteiger partial charge is 0.221 e. The molecule has 0 aromatic heterocycles. The molecule has 6 N–H and O–H groups in total. The molecule has 0 saturated carbocycles. The Kier molecular flexibility index (Phi) is 9.08. The fraction of sp³-hybridized carbons (Fsp3) is 0.391. The number of primary amides is 2. The number of rotatable bonds is 12. The molecule has 2 amide bonds. The van der Waals surface area contributed by atoms with Gasteiger partial charge in [-0.3, -0.25) is 9.59 Å². The number of nitrogens with two attached hydrogens (primary N) is 2. The van der Waals surface area contributed by atoms with Gasteiger partial charge in [-0.15, -0.1) is 0 Å². The summed E-state index contributed by atoms with van der Waals surface area (Å²) in [6.07, 6.45) is -0.634. The molecule has 0 saturated heterocycles. The number of hydrogen-bond acceptors (Lipinski definition) is 4. The normalized spacial score (nSPS) is 14.1. The topological polar surface area (TPSA) is 118 Å². The van der Waals surface area contributed by atoms with Crippen LogP contribution in [0.3, 0.4) is 0 Å². The lowest BCUT2D eigenvalue weighted by Crippen LogP contribution is -2.43. The molecule has 0 aliphatic carbocycles. The van der Waals surface area contributed by atoms with Crippen LogP contribution in [-0.4, -0.2) is 29.6 Å². The van der Waals surface area contributed by atoms with Crippen LogP contribution in [0, 0.1) is 23.5 Å². The van der Waals surface area contributed by atoms with Gasteiger partial charge in [-0.05, 0) is 41.7 Å². The van der Waals surface area contributed by atoms with Crippen LogP contribution in [0.5, 0.6) is 0 Å². The van der Waals surface area contributed by atoms with Gasteiger partial charge >= 0.3 is 0 Å². The molecule has 0 heterocycles. The molecule has 6 nitrogen and oxygen atoms in total. The highest BCUT2D eigenvalue weighted by molar-refractivity contribution is 5.84. The number of benzene rings is 2. The number of carbonyl (C=O) groups excluding carboxylic acids is 2. The van der Waals surface area contributed by atoms with E-state index in [1.807, 2.05) is 24.3 Å². The van der Waals surface area contributed by atoms with E-state index in [0.717, 1.165) is 30.2 Å². The molecule has 3 unspecified atom stereocenters. The highest BCUT2D eigenvalue weighted by atomic mass is 19.1. The molecule has 0 aliphatic rings. The maximum Gasteiger partial charge on any atom is 0.221 e. The van der Waals surface area contributed by atoms with Crippen molar-refractivity contribution >= 4 is 11.8 Å². The molecule has 0 aliphatic heterocycles. The molecule has 2 rings (SSSR count). The number of aryl methyl sites for hydroxylation is 1. The molecule has 8 heteroatoms. The summed E-state index contributed by atoms with van der Waals surface area (Å²) in [5.41, 5.74) is 13.2. The van der Waals surface area contributed by atoms with Crippen LogP contribution in [0.25, 0.3) is 0 Å². The summed E-state index contributed by atoms with van der Waals surface area (Å²) in [7, 11) is 0. The fourth-order valence-electron chi connectivity index (χ4n) is 3.70. The minimum absolute atomic E-state index is 0.0519. The lowest BCUT2D eigenvalue weighted by atomic mass is 9.80. The van der Waals surface area contributed by atoms with Crippen molar-refractivity contribution in [1.29, 1.82) is 0 Å². The van der Waals surface area contributed by atoms with E-state index in [0.29, 0.717) is 6.54 Å². The van der Waals surface area contributed by atoms with E-state index in [1.165, 1.54) is 5.56 Å². The van der Waals surface area contributed by atoms with E-state index in [9.17, 15) is 23.5 Å². The van der Waals surface area contributed by atoms with Gasteiger partial charge in [0.2, 0.25) is 11.8 Å². The molecule has 2 aromatic rings. The average molecular weight is 433 g/mol. The number of aliphatic hydroxyl groups excluding tert-OH is 1. The van der Waals surface area contributed by atoms with Crippen molar-refractivity contribution in [2.45, 2.75) is 38.8 Å². The third-order valence-electron chi connectivity index (χ3n) is 5.27. The first-order valence-electron chi connectivity index (χ1n) is 10.2. The Morgan fingerprint density at radius 3 is 2.26 bits per heavy atom. The van der Waals surface area contributed by atoms with Crippen molar-refractivity contribution in [1.82, 2.24) is 5.32 Å². The van der Waals surface area contributed by atoms with E-state index in [4.69, 9.17) is 11.5 Å². The first-order chi connectivity index (χ1) is 14.7. The van der Waals surface area contributed by atoms with Crippen molar-refractivity contribution in [2.24, 2.45) is 23.3 Å². The minimum Gasteiger partial charge on any atom is -0.391 e. The Morgan fingerprint density at radius 2 is 1.68 bits per heavy atom. The van der Waals surface area contributed by atoms with Crippen molar-refractivity contribution in [3.05, 3.63) is 70.8 Å². The van der Waals surface area contributed by atoms with Crippen LogP contribution >= 0.6 is 0 Å². The molecule has 3 atom stereocenters. The van der Waals surface area contributed by atoms with Crippen molar-refractivity contribution in [3.63, 3.8) is 0 Å². The van der Waals surface area contributed by atoms with Crippen LogP contribution in [0.15, 0.2) is 42.5 Å². The summed E-state index contributed by atoms with van der Waals surface area (Å²) >= 11 is 0. The second-order valence-corrected chi connectivity index (χ2v) is 7.70. The first kappa shape index (κ1) is 24.4. The quantitative estimate of drug-likeness (QED) is 0.408. The number of carbonyl (C=O) groups is 2. The predicted molar refractivity (Wildman–Crippen MR) is 114 cm³/mol. The zero-order chi connectivity index (χ0) is 23.0. The SMILES string of the molecule is CCc1cccc(CNCC(O)C(Cc2cc(F)cc(F)c2)C(CC(N)=O)C(N)=O)c1. The Hall–Kier alpha value is -2.84. The maximum absolute atomic E-state index is 13.6. The summed E-state index contributed by atoms with van der Waals surface area (Å²) < 4.78 is 27.2. The summed E-state index contributed by atoms with van der Waals surface area (Å²) in [6, 6.07) is 10.9. The minimum atomic E-state index is -1.11. The average Bonchev–Trinajstić information content (AvgIpc) is 2.69. The van der Waals surface area contributed by atoms with Crippen LogP contribution in [0.4, 0.5) is 8.78 Å². The van der Waals surface area contributed by atoms with Gasteiger partial charge in [0.25, 0.3) is 0 Å². The molecule has 0 spiro atoms. The van der Waals surface area contributed by atoms with Crippen LogP contribution in [-0.2, 0) is 29.0 Å². The van der Waals surface area contributed by atoms with Gasteiger partial charge in [0, 0.05) is 31.5 Å². The highest BCUT2D eigenvalue weighted by Crippen LogP contribution is 2.25. The molecular formula is C23H29F2N3O3. The third kappa shape index (κ3) is 7.73. The van der Waals surface area contributed by atoms with Crippen molar-refractivity contribution < 1.29 is 23.5 Å². The molecule has 0 bridgehead atoms. The number of aliphatic hydroxyl groups is 1. The molecular weight excluding hydrogens is 404 g/mol. The number of amides is 2. The van der Waals surface area contributed by atoms with E-state index < -0.39 is 41.4 Å². The Balaban J connectivity index is 2.16. The van der Waals surface area contributed by atoms with Gasteiger partial charge in [0.15, 0.2) is 0 Å². The van der Waals surface area contributed by atoms with E-state index >= 15 is 0 Å². The van der Waals surface area contributed by atoms with Gasteiger partial charge in [0.1, 0.15) is 11.6 Å². The monoisotopic (exact) mass is 433 g/mol. The summed E-state index contributed by atoms with van der Waals surface area (Å²) in [4.78, 5) is 23.5. The fourth-order valence-corrected chi connectivity index (χ4v) is 3.70. The number of halogens is 2. The van der Waals surface area contributed by atoms with E-state index in [2.05, 4.69) is 12.2 Å². The standard InChI is InChI=1S/C23H29F2N3O3/c1-2-14-4-3-5-15(6-14)12-28-13-21(29)19(20(23(27)31)11-22(26)30)9-16-7-17(24)10-18(25)8-16/h3-8,10,19-21,28-29H,2,9,11-13H2,1H3,(H2,26,30)(H2,27,31). The van der Waals surface area contributed by atoms with Crippen LogP contribution in [0.2, 0.25) is 0 Å². The first-order valence-corrected chi connectivity index (χ1v) is 10.2. The third-order valence-corrected chi connectivity index (χ3v) is 5.27. The predicted octanol–water partition coefficient (Wildman–Crippen LogP) is 1.81. The van der Waals surface area contributed by atoms with Crippen molar-refractivity contribution in [2.75, 3.05) is 6.54 Å². The van der Waals surface area contributed by atoms with E-state index in [1.54, 1.807) is 0 Å². The molecule has 2 aromatic carbocycles. The number of nitrogens with one attached hydrogen (secondary N) is 1. The van der Waals surface area contributed by atoms with Crippen molar-refractivity contribution in [3.8, 4) is 0 Å². The van der Waals surface area contributed by atoms with E-state index in [-0.39, 0.29) is 24.9 Å². The number of hydrogen-bond donors (Lipinski definition) is 4. The summed E-state index contributed by atoms with van der Waals surface area (Å²) in [5, 5.41) is 13.9. The molecule has 31 heavy (non-hydrogen) atoms. The van der Waals surface area contributed by atoms with Gasteiger partial charge < -0.3 is 21.9 Å². The van der Waals surface area contributed by atoms with Gasteiger partial charge in [0.05, 0.1) is 12.0 Å². The summed E-state index contributed by atoms with van der Waals surface area (Å²) in [6.45, 7) is 2.61. The zero-order valence-corrected chi connectivity index (χ0v) is 17.5. The molecule has 168 valence electrons. The maximum atomic E-state index is 13.6. The molecule has 0 radical (unpaired) electrons. The van der Waals surface area contributed by atoms with Crippen LogP contribution in [0.1, 0.15) is 30.0 Å². The van der Waals surface area contributed by atoms with Gasteiger partial charge in [-0.25, -0.2) is 8.78 Å². The summed E-state index contributed by atoms with van der Waals surface area (Å²) in [5.74, 6) is -5.05. The van der Waals surface area contributed by atoms with Gasteiger partial charge in [-0.1, -0.05) is 31.2 Å². The Labute approximate surface area is 180 Å². The zero-order valence-electron chi connectivity index (χ0n) is 17.5. The van der Waals surface area contributed by atoms with Crippen LogP contribution < -0.4 is 16.8 Å². The molecule has 0 fully saturated rings. The highest BCUT2D eigenvalue weighted by Gasteiger charge is 2.33. The second kappa shape index (κ2) is 11.5. The largest absolute Gasteiger partial charge is 0.391 e. The van der Waals surface area contributed by atoms with Gasteiger partial charge in [-0.2, -0.15) is 0 Å². The Morgan fingerprint density at radius 1 is 1.03 bits per heavy atom. The second-order valence-electron chi connectivity index (χ2n) is 7.70. The lowest BCUT2D eigenvalue weighted by Gasteiger charge is -2.29. The Bertz CT molecular complexity index is 887. The lowest BCUT2D eigenvalue weighted by molar-refractivity contribution is -0.130.